The molecule has 0 saturated heterocycles. The molecule has 2 heterocycles. The highest BCUT2D eigenvalue weighted by atomic mass is 16.3. The molecule has 6 aromatic carbocycles. The smallest absolute Gasteiger partial charge is 0.159 e. The molecule has 0 fully saturated rings. The molecule has 0 unspecified atom stereocenters. The van der Waals surface area contributed by atoms with E-state index in [1.54, 1.807) is 0 Å². The second-order valence-electron chi connectivity index (χ2n) is 9.78. The fourth-order valence-corrected chi connectivity index (χ4v) is 5.94. The summed E-state index contributed by atoms with van der Waals surface area (Å²) < 4.78 is 9.05. The quantitative estimate of drug-likeness (QED) is 0.240. The zero-order valence-corrected chi connectivity index (χ0v) is 21.2. The van der Waals surface area contributed by atoms with Gasteiger partial charge in [-0.05, 0) is 54.6 Å². The molecule has 0 amide bonds. The van der Waals surface area contributed by atoms with E-state index in [1.165, 1.54) is 21.8 Å². The third-order valence-electron chi connectivity index (χ3n) is 7.57. The number of aromatic nitrogens is 1. The fraction of sp³-hybridized carbons (Fsp3) is 0. The van der Waals surface area contributed by atoms with E-state index in [-0.39, 0.29) is 0 Å². The van der Waals surface area contributed by atoms with Gasteiger partial charge in [-0.1, -0.05) is 91.0 Å². The van der Waals surface area contributed by atoms with Gasteiger partial charge in [0, 0.05) is 27.5 Å². The summed E-state index contributed by atoms with van der Waals surface area (Å²) in [5.74, 6) is 0. The first kappa shape index (κ1) is 21.8. The first-order valence-corrected chi connectivity index (χ1v) is 13.2. The Morgan fingerprint density at radius 2 is 1.00 bits per heavy atom. The third kappa shape index (κ3) is 3.30. The molecule has 184 valence electrons. The number of fused-ring (bicyclic) bond motifs is 6. The Labute approximate surface area is 225 Å². The Bertz CT molecular complexity index is 2030. The molecule has 39 heavy (non-hydrogen) atoms. The van der Waals surface area contributed by atoms with E-state index in [9.17, 15) is 0 Å². The van der Waals surface area contributed by atoms with Crippen molar-refractivity contribution in [1.82, 2.24) is 4.57 Å². The van der Waals surface area contributed by atoms with E-state index < -0.39 is 0 Å². The highest BCUT2D eigenvalue weighted by Gasteiger charge is 2.21. The predicted octanol–water partition coefficient (Wildman–Crippen LogP) is 10.2. The maximum absolute atomic E-state index is 6.72. The molecular weight excluding hydrogens is 476 g/mol. The lowest BCUT2D eigenvalue weighted by Crippen LogP contribution is -2.09. The molecule has 0 aliphatic heterocycles. The molecule has 2 aromatic heterocycles. The Morgan fingerprint density at radius 3 is 1.64 bits per heavy atom. The van der Waals surface area contributed by atoms with Crippen LogP contribution in [0.25, 0.3) is 49.4 Å². The molecule has 3 heteroatoms. The van der Waals surface area contributed by atoms with Gasteiger partial charge in [0.25, 0.3) is 0 Å². The van der Waals surface area contributed by atoms with Crippen molar-refractivity contribution in [2.24, 2.45) is 0 Å². The zero-order valence-electron chi connectivity index (χ0n) is 21.2. The predicted molar refractivity (Wildman–Crippen MR) is 163 cm³/mol. The van der Waals surface area contributed by atoms with Crippen molar-refractivity contribution < 1.29 is 4.42 Å². The third-order valence-corrected chi connectivity index (χ3v) is 7.57. The van der Waals surface area contributed by atoms with Gasteiger partial charge >= 0.3 is 0 Å². The Kier molecular flexibility index (Phi) is 4.82. The van der Waals surface area contributed by atoms with Gasteiger partial charge in [0.2, 0.25) is 0 Å². The lowest BCUT2D eigenvalue weighted by Gasteiger charge is -2.26. The molecule has 3 nitrogen and oxygen atoms in total. The summed E-state index contributed by atoms with van der Waals surface area (Å²) in [6.45, 7) is 0. The van der Waals surface area contributed by atoms with E-state index in [0.29, 0.717) is 0 Å². The Balaban J connectivity index is 1.45. The van der Waals surface area contributed by atoms with Gasteiger partial charge in [0.15, 0.2) is 5.58 Å². The van der Waals surface area contributed by atoms with Crippen LogP contribution in [0.15, 0.2) is 150 Å². The molecule has 0 N–H and O–H groups in total. The number of hydrogen-bond donors (Lipinski definition) is 0. The Morgan fingerprint density at radius 1 is 0.462 bits per heavy atom. The number of para-hydroxylation sites is 5. The highest BCUT2D eigenvalue weighted by molar-refractivity contribution is 6.16. The molecule has 0 aliphatic carbocycles. The number of rotatable bonds is 4. The number of hydrogen-bond acceptors (Lipinski definition) is 2. The lowest BCUT2D eigenvalue weighted by molar-refractivity contribution is 0.666. The van der Waals surface area contributed by atoms with Crippen LogP contribution in [0.1, 0.15) is 0 Å². The zero-order chi connectivity index (χ0) is 25.8. The number of nitrogens with zero attached hydrogens (tertiary/aromatic N) is 2. The van der Waals surface area contributed by atoms with Crippen LogP contribution in [0.2, 0.25) is 0 Å². The molecule has 0 saturated carbocycles. The SMILES string of the molecule is c1ccc(N(c2ccccc2)c2cccc3oc4c(-n5c6ccccc6c6ccccc65)cccc4c23)cc1. The van der Waals surface area contributed by atoms with Crippen molar-refractivity contribution in [3.8, 4) is 5.69 Å². The summed E-state index contributed by atoms with van der Waals surface area (Å²) in [7, 11) is 0. The molecule has 8 rings (SSSR count). The first-order chi connectivity index (χ1) is 19.4. The number of furan rings is 1. The average Bonchev–Trinajstić information content (AvgIpc) is 3.55. The van der Waals surface area contributed by atoms with Crippen LogP contribution in [0.3, 0.4) is 0 Å². The molecule has 0 aliphatic rings. The number of benzene rings is 6. The van der Waals surface area contributed by atoms with Crippen molar-refractivity contribution in [1.29, 1.82) is 0 Å². The second-order valence-corrected chi connectivity index (χ2v) is 9.78. The van der Waals surface area contributed by atoms with Crippen molar-refractivity contribution in [3.05, 3.63) is 146 Å². The molecule has 0 spiro atoms. The molecule has 0 bridgehead atoms. The summed E-state index contributed by atoms with van der Waals surface area (Å²) >= 11 is 0. The Hall–Kier alpha value is -5.28. The second kappa shape index (κ2) is 8.64. The molecule has 0 radical (unpaired) electrons. The highest BCUT2D eigenvalue weighted by Crippen LogP contribution is 2.44. The van der Waals surface area contributed by atoms with E-state index in [2.05, 4.69) is 155 Å². The summed E-state index contributed by atoms with van der Waals surface area (Å²) in [5, 5.41) is 4.67. The number of anilines is 3. The van der Waals surface area contributed by atoms with E-state index in [4.69, 9.17) is 4.42 Å². The van der Waals surface area contributed by atoms with E-state index in [1.807, 2.05) is 0 Å². The first-order valence-electron chi connectivity index (χ1n) is 13.2. The summed E-state index contributed by atoms with van der Waals surface area (Å²) in [4.78, 5) is 2.31. The fourth-order valence-electron chi connectivity index (χ4n) is 5.94. The van der Waals surface area contributed by atoms with Crippen LogP contribution in [-0.4, -0.2) is 4.57 Å². The van der Waals surface area contributed by atoms with Crippen molar-refractivity contribution in [2.75, 3.05) is 4.90 Å². The lowest BCUT2D eigenvalue weighted by atomic mass is 10.1. The molecule has 8 aromatic rings. The largest absolute Gasteiger partial charge is 0.454 e. The van der Waals surface area contributed by atoms with Crippen LogP contribution >= 0.6 is 0 Å². The van der Waals surface area contributed by atoms with Crippen LogP contribution < -0.4 is 4.90 Å². The van der Waals surface area contributed by atoms with Gasteiger partial charge < -0.3 is 13.9 Å². The summed E-state index contributed by atoms with van der Waals surface area (Å²) in [5.41, 5.74) is 8.42. The minimum atomic E-state index is 0.868. The average molecular weight is 501 g/mol. The van der Waals surface area contributed by atoms with Crippen LogP contribution in [0.4, 0.5) is 17.1 Å². The van der Waals surface area contributed by atoms with Crippen LogP contribution in [0.5, 0.6) is 0 Å². The van der Waals surface area contributed by atoms with E-state index in [0.717, 1.165) is 44.7 Å². The summed E-state index contributed by atoms with van der Waals surface area (Å²) in [6.07, 6.45) is 0. The molecule has 0 atom stereocenters. The monoisotopic (exact) mass is 500 g/mol. The van der Waals surface area contributed by atoms with E-state index >= 15 is 0 Å². The van der Waals surface area contributed by atoms with Gasteiger partial charge in [0.05, 0.1) is 27.8 Å². The van der Waals surface area contributed by atoms with Gasteiger partial charge in [0.1, 0.15) is 5.58 Å². The van der Waals surface area contributed by atoms with Crippen LogP contribution in [0, 0.1) is 0 Å². The normalized spacial score (nSPS) is 11.6. The standard InChI is InChI=1S/C36H24N2O/c1-3-13-25(14-4-1)37(26-15-5-2-6-16-26)32-22-12-24-34-35(32)29-19-11-23-33(36(29)39-34)38-30-20-9-7-17-27(30)28-18-8-10-21-31(28)38/h1-24H. The van der Waals surface area contributed by atoms with Crippen molar-refractivity contribution in [3.63, 3.8) is 0 Å². The topological polar surface area (TPSA) is 21.3 Å². The van der Waals surface area contributed by atoms with Crippen molar-refractivity contribution in [2.45, 2.75) is 0 Å². The van der Waals surface area contributed by atoms with Crippen LogP contribution in [-0.2, 0) is 0 Å². The van der Waals surface area contributed by atoms with Gasteiger partial charge in [-0.15, -0.1) is 0 Å². The van der Waals surface area contributed by atoms with Crippen molar-refractivity contribution >= 4 is 60.8 Å². The minimum absolute atomic E-state index is 0.868. The van der Waals surface area contributed by atoms with Gasteiger partial charge in [-0.2, -0.15) is 0 Å². The minimum Gasteiger partial charge on any atom is -0.454 e. The van der Waals surface area contributed by atoms with Gasteiger partial charge in [-0.3, -0.25) is 0 Å². The maximum Gasteiger partial charge on any atom is 0.159 e. The summed E-state index contributed by atoms with van der Waals surface area (Å²) in [6, 6.07) is 51.1. The molecular formula is C36H24N2O. The van der Waals surface area contributed by atoms with Gasteiger partial charge in [-0.25, -0.2) is 0 Å². The maximum atomic E-state index is 6.72.